The number of halogens is 2. The molecule has 0 atom stereocenters. The minimum absolute atomic E-state index is 0.0165. The normalized spacial score (nSPS) is 11.2. The molecule has 0 saturated carbocycles. The molecule has 2 aromatic rings. The molecule has 106 valence electrons. The molecular weight excluding hydrogens is 309 g/mol. The molecule has 0 saturated heterocycles. The lowest BCUT2D eigenvalue weighted by molar-refractivity contribution is 0.386. The maximum Gasteiger partial charge on any atom is 0.264 e. The number of sulfonamides is 1. The zero-order valence-electron chi connectivity index (χ0n) is 10.2. The Morgan fingerprint density at radius 2 is 1.95 bits per heavy atom. The first-order valence-corrected chi connectivity index (χ1v) is 7.12. The summed E-state index contributed by atoms with van der Waals surface area (Å²) in [5, 5.41) is -0.0700. The van der Waals surface area contributed by atoms with Gasteiger partial charge in [-0.05, 0) is 23.7 Å². The number of hydrogen-bond acceptors (Lipinski definition) is 5. The van der Waals surface area contributed by atoms with Gasteiger partial charge in [0.25, 0.3) is 10.0 Å². The van der Waals surface area contributed by atoms with Gasteiger partial charge in [-0.3, -0.25) is 4.72 Å². The largest absolute Gasteiger partial charge is 0.494 e. The Morgan fingerprint density at radius 1 is 1.30 bits per heavy atom. The highest BCUT2D eigenvalue weighted by molar-refractivity contribution is 7.92. The summed E-state index contributed by atoms with van der Waals surface area (Å²) in [4.78, 5) is 6.96. The van der Waals surface area contributed by atoms with E-state index in [9.17, 15) is 12.8 Å². The Balaban J connectivity index is 2.28. The van der Waals surface area contributed by atoms with Crippen molar-refractivity contribution in [2.45, 2.75) is 4.90 Å². The van der Waals surface area contributed by atoms with Crippen LogP contribution in [-0.2, 0) is 10.0 Å². The molecule has 0 aliphatic carbocycles. The van der Waals surface area contributed by atoms with Crippen LogP contribution in [-0.4, -0.2) is 25.5 Å². The minimum atomic E-state index is -3.91. The van der Waals surface area contributed by atoms with Gasteiger partial charge in [0.05, 0.1) is 25.2 Å². The van der Waals surface area contributed by atoms with Crippen LogP contribution in [0.1, 0.15) is 0 Å². The zero-order chi connectivity index (χ0) is 14.8. The summed E-state index contributed by atoms with van der Waals surface area (Å²) in [5.41, 5.74) is 0.0539. The van der Waals surface area contributed by atoms with Crippen molar-refractivity contribution < 1.29 is 17.5 Å². The second-order valence-corrected chi connectivity index (χ2v) is 5.66. The molecule has 9 heteroatoms. The number of methoxy groups -OCH3 is 1. The molecule has 1 aromatic heterocycles. The Bertz CT molecular complexity index is 722. The van der Waals surface area contributed by atoms with Crippen molar-refractivity contribution in [1.82, 2.24) is 9.97 Å². The molecule has 0 radical (unpaired) electrons. The van der Waals surface area contributed by atoms with Crippen molar-refractivity contribution in [3.63, 3.8) is 0 Å². The van der Waals surface area contributed by atoms with E-state index in [1.807, 2.05) is 0 Å². The summed E-state index contributed by atoms with van der Waals surface area (Å²) >= 11 is 5.48. The number of aromatic nitrogens is 2. The standard InChI is InChI=1S/C11H9ClFN3O3S/c1-19-10-3-2-7(4-9(10)13)16-20(17,18)8-5-14-11(12)15-6-8/h2-6,16H,1H3. The number of rotatable bonds is 4. The van der Waals surface area contributed by atoms with Gasteiger partial charge in [-0.15, -0.1) is 0 Å². The number of anilines is 1. The fraction of sp³-hybridized carbons (Fsp3) is 0.0909. The van der Waals surface area contributed by atoms with Gasteiger partial charge < -0.3 is 4.74 Å². The molecule has 0 aliphatic rings. The number of nitrogens with one attached hydrogen (secondary N) is 1. The van der Waals surface area contributed by atoms with Gasteiger partial charge in [0.2, 0.25) is 5.28 Å². The van der Waals surface area contributed by atoms with Gasteiger partial charge in [-0.2, -0.15) is 0 Å². The van der Waals surface area contributed by atoms with Gasteiger partial charge in [-0.25, -0.2) is 22.8 Å². The monoisotopic (exact) mass is 317 g/mol. The highest BCUT2D eigenvalue weighted by Gasteiger charge is 2.16. The highest BCUT2D eigenvalue weighted by Crippen LogP contribution is 2.22. The Hall–Kier alpha value is -1.93. The third kappa shape index (κ3) is 3.14. The number of hydrogen-bond donors (Lipinski definition) is 1. The van der Waals surface area contributed by atoms with Crippen LogP contribution < -0.4 is 9.46 Å². The van der Waals surface area contributed by atoms with Crippen LogP contribution in [0, 0.1) is 5.82 Å². The first-order valence-electron chi connectivity index (χ1n) is 5.26. The molecule has 0 aliphatic heterocycles. The smallest absolute Gasteiger partial charge is 0.264 e. The summed E-state index contributed by atoms with van der Waals surface area (Å²) in [5.74, 6) is -0.664. The van der Waals surface area contributed by atoms with E-state index in [1.54, 1.807) is 0 Å². The van der Waals surface area contributed by atoms with E-state index in [-0.39, 0.29) is 21.6 Å². The van der Waals surface area contributed by atoms with Crippen LogP contribution in [0.2, 0.25) is 5.28 Å². The van der Waals surface area contributed by atoms with Gasteiger partial charge in [0.1, 0.15) is 4.90 Å². The lowest BCUT2D eigenvalue weighted by Crippen LogP contribution is -2.13. The quantitative estimate of drug-likeness (QED) is 0.873. The summed E-state index contributed by atoms with van der Waals surface area (Å²) in [6, 6.07) is 3.69. The summed E-state index contributed by atoms with van der Waals surface area (Å²) in [6.45, 7) is 0. The van der Waals surface area contributed by atoms with Crippen molar-refractivity contribution in [2.75, 3.05) is 11.8 Å². The SMILES string of the molecule is COc1ccc(NS(=O)(=O)c2cnc(Cl)nc2)cc1F. The van der Waals surface area contributed by atoms with E-state index in [2.05, 4.69) is 14.7 Å². The van der Waals surface area contributed by atoms with E-state index in [0.717, 1.165) is 18.5 Å². The number of nitrogens with zero attached hydrogens (tertiary/aromatic N) is 2. The Kier molecular flexibility index (Phi) is 4.05. The summed E-state index contributed by atoms with van der Waals surface area (Å²) in [6.07, 6.45) is 2.11. The van der Waals surface area contributed by atoms with E-state index in [4.69, 9.17) is 16.3 Å². The average Bonchev–Trinajstić information content (AvgIpc) is 2.39. The van der Waals surface area contributed by atoms with Crippen LogP contribution in [0.4, 0.5) is 10.1 Å². The van der Waals surface area contributed by atoms with Crippen LogP contribution in [0.15, 0.2) is 35.5 Å². The lowest BCUT2D eigenvalue weighted by Gasteiger charge is -2.09. The van der Waals surface area contributed by atoms with Crippen LogP contribution >= 0.6 is 11.6 Å². The third-order valence-corrected chi connectivity index (χ3v) is 3.84. The van der Waals surface area contributed by atoms with Gasteiger partial charge in [0, 0.05) is 6.07 Å². The second kappa shape index (κ2) is 5.59. The summed E-state index contributed by atoms with van der Waals surface area (Å²) in [7, 11) is -2.59. The molecule has 1 heterocycles. The van der Waals surface area contributed by atoms with Crippen molar-refractivity contribution in [1.29, 1.82) is 0 Å². The van der Waals surface area contributed by atoms with Crippen molar-refractivity contribution in [3.05, 3.63) is 41.7 Å². The fourth-order valence-corrected chi connectivity index (χ4v) is 2.42. The Morgan fingerprint density at radius 3 is 2.50 bits per heavy atom. The van der Waals surface area contributed by atoms with Gasteiger partial charge in [-0.1, -0.05) is 0 Å². The topological polar surface area (TPSA) is 81.2 Å². The molecular formula is C11H9ClFN3O3S. The van der Waals surface area contributed by atoms with Crippen molar-refractivity contribution in [2.24, 2.45) is 0 Å². The molecule has 1 aromatic carbocycles. The first-order chi connectivity index (χ1) is 9.42. The van der Waals surface area contributed by atoms with Crippen molar-refractivity contribution in [3.8, 4) is 5.75 Å². The molecule has 0 spiro atoms. The summed E-state index contributed by atoms with van der Waals surface area (Å²) < 4.78 is 44.4. The first kappa shape index (κ1) is 14.5. The van der Waals surface area contributed by atoms with E-state index < -0.39 is 15.8 Å². The molecule has 0 bridgehead atoms. The lowest BCUT2D eigenvalue weighted by atomic mass is 10.3. The Labute approximate surface area is 119 Å². The van der Waals surface area contributed by atoms with Gasteiger partial charge >= 0.3 is 0 Å². The fourth-order valence-electron chi connectivity index (χ4n) is 1.38. The molecule has 0 amide bonds. The molecule has 1 N–H and O–H groups in total. The van der Waals surface area contributed by atoms with Crippen LogP contribution in [0.25, 0.3) is 0 Å². The predicted octanol–water partition coefficient (Wildman–Crippen LogP) is 2.08. The third-order valence-electron chi connectivity index (χ3n) is 2.31. The second-order valence-electron chi connectivity index (χ2n) is 3.64. The van der Waals surface area contributed by atoms with Crippen LogP contribution in [0.3, 0.4) is 0 Å². The van der Waals surface area contributed by atoms with Gasteiger partial charge in [0.15, 0.2) is 11.6 Å². The predicted molar refractivity (Wildman–Crippen MR) is 70.8 cm³/mol. The molecule has 0 fully saturated rings. The molecule has 20 heavy (non-hydrogen) atoms. The average molecular weight is 318 g/mol. The number of ether oxygens (including phenoxy) is 1. The zero-order valence-corrected chi connectivity index (χ0v) is 11.7. The maximum atomic E-state index is 13.5. The number of benzene rings is 1. The molecule has 6 nitrogen and oxygen atoms in total. The maximum absolute atomic E-state index is 13.5. The van der Waals surface area contributed by atoms with E-state index >= 15 is 0 Å². The minimum Gasteiger partial charge on any atom is -0.494 e. The van der Waals surface area contributed by atoms with Crippen LogP contribution in [0.5, 0.6) is 5.75 Å². The van der Waals surface area contributed by atoms with Crippen molar-refractivity contribution >= 4 is 27.3 Å². The van der Waals surface area contributed by atoms with E-state index in [1.165, 1.54) is 19.2 Å². The van der Waals surface area contributed by atoms with E-state index in [0.29, 0.717) is 0 Å². The molecule has 2 rings (SSSR count). The highest BCUT2D eigenvalue weighted by atomic mass is 35.5. The molecule has 0 unspecified atom stereocenters.